The van der Waals surface area contributed by atoms with Crippen LogP contribution in [-0.2, 0) is 14.8 Å². The van der Waals surface area contributed by atoms with Crippen molar-refractivity contribution in [3.8, 4) is 0 Å². The molecule has 1 saturated heterocycles. The van der Waals surface area contributed by atoms with Gasteiger partial charge >= 0.3 is 5.97 Å². The molecule has 0 spiro atoms. The van der Waals surface area contributed by atoms with Crippen LogP contribution in [0.25, 0.3) is 0 Å². The van der Waals surface area contributed by atoms with E-state index in [1.54, 1.807) is 36.4 Å². The number of morpholine rings is 1. The molecule has 1 fully saturated rings. The van der Waals surface area contributed by atoms with Crippen molar-refractivity contribution in [3.63, 3.8) is 0 Å². The van der Waals surface area contributed by atoms with Gasteiger partial charge in [0.25, 0.3) is 10.0 Å². The minimum atomic E-state index is -3.81. The van der Waals surface area contributed by atoms with Crippen LogP contribution in [0.4, 0.5) is 11.4 Å². The number of hydrogen-bond donors (Lipinski definition) is 2. The smallest absolute Gasteiger partial charge is 0.337 e. The maximum absolute atomic E-state index is 12.7. The third kappa shape index (κ3) is 4.45. The zero-order valence-corrected chi connectivity index (χ0v) is 16.7. The molecule has 2 N–H and O–H groups in total. The lowest BCUT2D eigenvalue weighted by molar-refractivity contribution is 0.0696. The van der Waals surface area contributed by atoms with Gasteiger partial charge in [0.2, 0.25) is 0 Å². The van der Waals surface area contributed by atoms with Gasteiger partial charge in [0, 0.05) is 18.8 Å². The number of sulfonamides is 1. The number of aromatic carboxylic acids is 1. The Labute approximate surface area is 165 Å². The summed E-state index contributed by atoms with van der Waals surface area (Å²) < 4.78 is 33.1. The first-order valence-corrected chi connectivity index (χ1v) is 10.6. The minimum Gasteiger partial charge on any atom is -0.478 e. The lowest BCUT2D eigenvalue weighted by atomic mass is 10.0. The molecule has 7 nitrogen and oxygen atoms in total. The number of ether oxygens (including phenoxy) is 1. The molecule has 0 atom stereocenters. The zero-order chi connectivity index (χ0) is 20.3. The number of rotatable bonds is 6. The molecule has 8 heteroatoms. The summed E-state index contributed by atoms with van der Waals surface area (Å²) in [6, 6.07) is 11.2. The van der Waals surface area contributed by atoms with Gasteiger partial charge in [-0.25, -0.2) is 13.2 Å². The fourth-order valence-electron chi connectivity index (χ4n) is 3.10. The molecular weight excluding hydrogens is 380 g/mol. The average molecular weight is 404 g/mol. The largest absolute Gasteiger partial charge is 0.478 e. The van der Waals surface area contributed by atoms with Gasteiger partial charge in [-0.05, 0) is 41.8 Å². The Morgan fingerprint density at radius 3 is 2.32 bits per heavy atom. The van der Waals surface area contributed by atoms with Crippen molar-refractivity contribution in [1.29, 1.82) is 0 Å². The van der Waals surface area contributed by atoms with Crippen LogP contribution in [0.15, 0.2) is 47.4 Å². The van der Waals surface area contributed by atoms with E-state index in [1.807, 2.05) is 18.7 Å². The van der Waals surface area contributed by atoms with Crippen molar-refractivity contribution in [2.24, 2.45) is 0 Å². The van der Waals surface area contributed by atoms with Gasteiger partial charge in [-0.2, -0.15) is 0 Å². The first kappa shape index (κ1) is 20.2. The highest BCUT2D eigenvalue weighted by atomic mass is 32.2. The number of nitrogens with zero attached hydrogens (tertiary/aromatic N) is 1. The van der Waals surface area contributed by atoms with Crippen LogP contribution >= 0.6 is 0 Å². The zero-order valence-electron chi connectivity index (χ0n) is 15.9. The molecule has 1 aliphatic heterocycles. The summed E-state index contributed by atoms with van der Waals surface area (Å²) in [7, 11) is -3.81. The van der Waals surface area contributed by atoms with Gasteiger partial charge in [-0.3, -0.25) is 4.72 Å². The molecule has 0 aliphatic carbocycles. The predicted octanol–water partition coefficient (Wildman–Crippen LogP) is 3.15. The van der Waals surface area contributed by atoms with Crippen molar-refractivity contribution in [2.45, 2.75) is 24.7 Å². The van der Waals surface area contributed by atoms with E-state index >= 15 is 0 Å². The molecule has 0 radical (unpaired) electrons. The maximum atomic E-state index is 12.7. The van der Waals surface area contributed by atoms with Gasteiger partial charge in [0.05, 0.1) is 29.4 Å². The van der Waals surface area contributed by atoms with Crippen molar-refractivity contribution < 1.29 is 23.1 Å². The van der Waals surface area contributed by atoms with Crippen LogP contribution in [0.1, 0.15) is 35.7 Å². The van der Waals surface area contributed by atoms with E-state index in [4.69, 9.17) is 4.74 Å². The predicted molar refractivity (Wildman–Crippen MR) is 108 cm³/mol. The summed E-state index contributed by atoms with van der Waals surface area (Å²) in [4.78, 5) is 13.8. The number of carboxylic acids is 1. The SMILES string of the molecule is CC(C)c1ccc(S(=O)(=O)Nc2ccc(N3CCOCC3)c(C(=O)O)c2)cc1. The highest BCUT2D eigenvalue weighted by molar-refractivity contribution is 7.92. The van der Waals surface area contributed by atoms with Gasteiger partial charge in [0.15, 0.2) is 0 Å². The van der Waals surface area contributed by atoms with Gasteiger partial charge in [-0.15, -0.1) is 0 Å². The molecule has 0 bridgehead atoms. The van der Waals surface area contributed by atoms with Crippen LogP contribution in [0.2, 0.25) is 0 Å². The molecule has 3 rings (SSSR count). The van der Waals surface area contributed by atoms with Crippen LogP contribution < -0.4 is 9.62 Å². The number of carboxylic acid groups (broad SMARTS) is 1. The summed E-state index contributed by atoms with van der Waals surface area (Å²) in [5.74, 6) is -0.806. The van der Waals surface area contributed by atoms with Crippen molar-refractivity contribution >= 4 is 27.4 Å². The molecule has 150 valence electrons. The first-order chi connectivity index (χ1) is 13.3. The minimum absolute atomic E-state index is 0.0530. The van der Waals surface area contributed by atoms with Crippen molar-refractivity contribution in [1.82, 2.24) is 0 Å². The summed E-state index contributed by atoms with van der Waals surface area (Å²) in [6.45, 7) is 6.30. The Bertz CT molecular complexity index is 949. The van der Waals surface area contributed by atoms with Crippen LogP contribution in [0.3, 0.4) is 0 Å². The molecule has 1 heterocycles. The molecule has 2 aromatic rings. The topological polar surface area (TPSA) is 95.9 Å². The Hall–Kier alpha value is -2.58. The standard InChI is InChI=1S/C20H24N2O5S/c1-14(2)15-3-6-17(7-4-15)28(25,26)21-16-5-8-19(18(13-16)20(23)24)22-9-11-27-12-10-22/h3-8,13-14,21H,9-12H2,1-2H3,(H,23,24). The lowest BCUT2D eigenvalue weighted by Gasteiger charge is -2.30. The summed E-state index contributed by atoms with van der Waals surface area (Å²) in [5.41, 5.74) is 1.86. The Kier molecular flexibility index (Phi) is 5.90. The van der Waals surface area contributed by atoms with E-state index in [1.165, 1.54) is 6.07 Å². The molecule has 0 amide bonds. The van der Waals surface area contributed by atoms with E-state index in [-0.39, 0.29) is 16.1 Å². The van der Waals surface area contributed by atoms with Crippen LogP contribution in [0.5, 0.6) is 0 Å². The molecule has 0 aromatic heterocycles. The first-order valence-electron chi connectivity index (χ1n) is 9.11. The Balaban J connectivity index is 1.86. The van der Waals surface area contributed by atoms with Crippen molar-refractivity contribution in [2.75, 3.05) is 35.9 Å². The molecule has 28 heavy (non-hydrogen) atoms. The number of hydrogen-bond acceptors (Lipinski definition) is 5. The van der Waals surface area contributed by atoms with E-state index in [0.717, 1.165) is 5.56 Å². The maximum Gasteiger partial charge on any atom is 0.337 e. The monoisotopic (exact) mass is 404 g/mol. The second-order valence-corrected chi connectivity index (χ2v) is 8.65. The molecular formula is C20H24N2O5S. The van der Waals surface area contributed by atoms with Crippen LogP contribution in [-0.4, -0.2) is 45.8 Å². The van der Waals surface area contributed by atoms with Crippen molar-refractivity contribution in [3.05, 3.63) is 53.6 Å². The number of benzene rings is 2. The molecule has 0 saturated carbocycles. The third-order valence-corrected chi connectivity index (χ3v) is 6.09. The molecule has 2 aromatic carbocycles. The van der Waals surface area contributed by atoms with Crippen LogP contribution in [0, 0.1) is 0 Å². The summed E-state index contributed by atoms with van der Waals surface area (Å²) >= 11 is 0. The number of nitrogens with one attached hydrogen (secondary N) is 1. The fraction of sp³-hybridized carbons (Fsp3) is 0.350. The normalized spacial score (nSPS) is 14.9. The van der Waals surface area contributed by atoms with E-state index in [2.05, 4.69) is 4.72 Å². The van der Waals surface area contributed by atoms with E-state index in [9.17, 15) is 18.3 Å². The quantitative estimate of drug-likeness (QED) is 0.768. The molecule has 1 aliphatic rings. The second-order valence-electron chi connectivity index (χ2n) is 6.97. The highest BCUT2D eigenvalue weighted by Crippen LogP contribution is 2.27. The molecule has 0 unspecified atom stereocenters. The Morgan fingerprint density at radius 2 is 1.75 bits per heavy atom. The van der Waals surface area contributed by atoms with Gasteiger partial charge in [-0.1, -0.05) is 26.0 Å². The summed E-state index contributed by atoms with van der Waals surface area (Å²) in [6.07, 6.45) is 0. The van der Waals surface area contributed by atoms with E-state index in [0.29, 0.717) is 37.9 Å². The fourth-order valence-corrected chi connectivity index (χ4v) is 4.15. The van der Waals surface area contributed by atoms with Gasteiger partial charge < -0.3 is 14.7 Å². The highest BCUT2D eigenvalue weighted by Gasteiger charge is 2.21. The second kappa shape index (κ2) is 8.20. The average Bonchev–Trinajstić information content (AvgIpc) is 2.68. The lowest BCUT2D eigenvalue weighted by Crippen LogP contribution is -2.37. The number of anilines is 2. The Morgan fingerprint density at radius 1 is 1.11 bits per heavy atom. The van der Waals surface area contributed by atoms with Gasteiger partial charge in [0.1, 0.15) is 0 Å². The van der Waals surface area contributed by atoms with E-state index < -0.39 is 16.0 Å². The third-order valence-electron chi connectivity index (χ3n) is 4.69. The summed E-state index contributed by atoms with van der Waals surface area (Å²) in [5, 5.41) is 9.58. The number of carbonyl (C=O) groups is 1.